The van der Waals surface area contributed by atoms with E-state index in [1.165, 1.54) is 32.4 Å². The summed E-state index contributed by atoms with van der Waals surface area (Å²) < 4.78 is 0. The molecule has 1 radical (unpaired) electrons. The van der Waals surface area contributed by atoms with E-state index < -0.39 is 0 Å². The van der Waals surface area contributed by atoms with Gasteiger partial charge in [-0.2, -0.15) is 0 Å². The molecule has 2 unspecified atom stereocenters. The molecular formula is C9H16N. The summed E-state index contributed by atoms with van der Waals surface area (Å²) in [7, 11) is 0. The maximum atomic E-state index is 4.00. The van der Waals surface area contributed by atoms with Crippen LogP contribution in [0.4, 0.5) is 0 Å². The second-order valence-electron chi connectivity index (χ2n) is 3.58. The van der Waals surface area contributed by atoms with Crippen LogP contribution in [0.2, 0.25) is 0 Å². The van der Waals surface area contributed by atoms with Gasteiger partial charge in [-0.1, -0.05) is 6.92 Å². The molecule has 57 valence electrons. The monoisotopic (exact) mass is 138 g/mol. The predicted molar refractivity (Wildman–Crippen MR) is 42.7 cm³/mol. The molecule has 1 heteroatoms. The fourth-order valence-corrected chi connectivity index (χ4v) is 2.52. The van der Waals surface area contributed by atoms with Gasteiger partial charge < -0.3 is 4.90 Å². The van der Waals surface area contributed by atoms with Gasteiger partial charge in [0.25, 0.3) is 0 Å². The van der Waals surface area contributed by atoms with Crippen molar-refractivity contribution in [1.82, 2.24) is 4.90 Å². The van der Waals surface area contributed by atoms with Gasteiger partial charge in [0, 0.05) is 6.04 Å². The zero-order chi connectivity index (χ0) is 6.97. The number of fused-ring (bicyclic) bond motifs is 1. The molecule has 2 saturated heterocycles. The average molecular weight is 138 g/mol. The maximum Gasteiger partial charge on any atom is 0.0124 e. The van der Waals surface area contributed by atoms with Crippen LogP contribution in [-0.4, -0.2) is 24.0 Å². The first-order valence-electron chi connectivity index (χ1n) is 4.45. The van der Waals surface area contributed by atoms with Gasteiger partial charge in [0.15, 0.2) is 0 Å². The summed E-state index contributed by atoms with van der Waals surface area (Å²) in [6, 6.07) is 0.928. The van der Waals surface area contributed by atoms with Crippen LogP contribution in [0.15, 0.2) is 0 Å². The topological polar surface area (TPSA) is 3.24 Å². The van der Waals surface area contributed by atoms with Crippen LogP contribution in [-0.2, 0) is 0 Å². The molecule has 0 aliphatic carbocycles. The van der Waals surface area contributed by atoms with Gasteiger partial charge in [-0.25, -0.2) is 0 Å². The number of hydrogen-bond donors (Lipinski definition) is 0. The molecule has 2 fully saturated rings. The molecule has 0 saturated carbocycles. The molecule has 2 atom stereocenters. The molecular weight excluding hydrogens is 122 g/mol. The Bertz CT molecular complexity index is 122. The fraction of sp³-hybridized carbons (Fsp3) is 0.889. The lowest BCUT2D eigenvalue weighted by Crippen LogP contribution is -2.25. The summed E-state index contributed by atoms with van der Waals surface area (Å²) in [6.45, 7) is 6.72. The molecule has 0 bridgehead atoms. The Kier molecular flexibility index (Phi) is 1.69. The van der Waals surface area contributed by atoms with Gasteiger partial charge in [0.05, 0.1) is 0 Å². The summed E-state index contributed by atoms with van der Waals surface area (Å²) in [6.07, 6.45) is 5.44. The van der Waals surface area contributed by atoms with Crippen LogP contribution < -0.4 is 0 Å². The highest BCUT2D eigenvalue weighted by atomic mass is 15.2. The van der Waals surface area contributed by atoms with Crippen molar-refractivity contribution < 1.29 is 0 Å². The van der Waals surface area contributed by atoms with Crippen molar-refractivity contribution in [3.8, 4) is 0 Å². The van der Waals surface area contributed by atoms with Gasteiger partial charge in [0.1, 0.15) is 0 Å². The van der Waals surface area contributed by atoms with E-state index in [1.54, 1.807) is 0 Å². The molecule has 0 aromatic heterocycles. The minimum atomic E-state index is 0.928. The Morgan fingerprint density at radius 3 is 3.00 bits per heavy atom. The highest BCUT2D eigenvalue weighted by Crippen LogP contribution is 2.33. The van der Waals surface area contributed by atoms with Crippen molar-refractivity contribution >= 4 is 0 Å². The summed E-state index contributed by atoms with van der Waals surface area (Å²) in [4.78, 5) is 2.65. The third-order valence-electron chi connectivity index (χ3n) is 3.12. The standard InChI is InChI=1S/C9H16N/c1-2-8-5-7-10-6-3-4-9(8)10/h8-9H,1-7H2. The molecule has 10 heavy (non-hydrogen) atoms. The molecule has 2 aliphatic rings. The van der Waals surface area contributed by atoms with Crippen LogP contribution >= 0.6 is 0 Å². The second kappa shape index (κ2) is 2.54. The van der Waals surface area contributed by atoms with E-state index >= 15 is 0 Å². The molecule has 0 aromatic rings. The molecule has 2 rings (SSSR count). The predicted octanol–water partition coefficient (Wildman–Crippen LogP) is 1.69. The van der Waals surface area contributed by atoms with E-state index in [4.69, 9.17) is 0 Å². The van der Waals surface area contributed by atoms with E-state index in [0.717, 1.165) is 18.4 Å². The third kappa shape index (κ3) is 0.878. The largest absolute Gasteiger partial charge is 0.300 e. The molecule has 0 spiro atoms. The van der Waals surface area contributed by atoms with Gasteiger partial charge in [-0.15, -0.1) is 0 Å². The molecule has 0 aromatic carbocycles. The normalized spacial score (nSPS) is 40.5. The molecule has 1 nitrogen and oxygen atoms in total. The Morgan fingerprint density at radius 1 is 1.30 bits per heavy atom. The van der Waals surface area contributed by atoms with Crippen molar-refractivity contribution in [3.05, 3.63) is 6.92 Å². The molecule has 2 aliphatic heterocycles. The minimum absolute atomic E-state index is 0.928. The lowest BCUT2D eigenvalue weighted by atomic mass is 9.96. The Balaban J connectivity index is 2.01. The van der Waals surface area contributed by atoms with Crippen molar-refractivity contribution in [2.75, 3.05) is 13.1 Å². The van der Waals surface area contributed by atoms with Crippen molar-refractivity contribution in [1.29, 1.82) is 0 Å². The maximum absolute atomic E-state index is 4.00. The number of nitrogens with zero attached hydrogens (tertiary/aromatic N) is 1. The molecule has 2 heterocycles. The summed E-state index contributed by atoms with van der Waals surface area (Å²) in [5.74, 6) is 0.933. The zero-order valence-corrected chi connectivity index (χ0v) is 6.55. The van der Waals surface area contributed by atoms with Crippen LogP contribution in [0.5, 0.6) is 0 Å². The van der Waals surface area contributed by atoms with E-state index in [1.807, 2.05) is 0 Å². The highest BCUT2D eigenvalue weighted by Gasteiger charge is 2.35. The number of rotatable bonds is 1. The van der Waals surface area contributed by atoms with Gasteiger partial charge in [-0.05, 0) is 44.7 Å². The van der Waals surface area contributed by atoms with Gasteiger partial charge >= 0.3 is 0 Å². The van der Waals surface area contributed by atoms with E-state index in [-0.39, 0.29) is 0 Å². The van der Waals surface area contributed by atoms with Gasteiger partial charge in [0.2, 0.25) is 0 Å². The zero-order valence-electron chi connectivity index (χ0n) is 6.55. The Morgan fingerprint density at radius 2 is 2.20 bits per heavy atom. The quantitative estimate of drug-likeness (QED) is 0.533. The first kappa shape index (κ1) is 6.66. The third-order valence-corrected chi connectivity index (χ3v) is 3.12. The van der Waals surface area contributed by atoms with Crippen molar-refractivity contribution in [2.45, 2.75) is 31.7 Å². The second-order valence-corrected chi connectivity index (χ2v) is 3.58. The minimum Gasteiger partial charge on any atom is -0.300 e. The Labute approximate surface area is 63.4 Å². The summed E-state index contributed by atoms with van der Waals surface area (Å²) in [5.41, 5.74) is 0. The molecule has 0 N–H and O–H groups in total. The molecule has 0 amide bonds. The highest BCUT2D eigenvalue weighted by molar-refractivity contribution is 4.91. The first-order chi connectivity index (χ1) is 4.92. The average Bonchev–Trinajstić information content (AvgIpc) is 2.44. The first-order valence-corrected chi connectivity index (χ1v) is 4.45. The lowest BCUT2D eigenvalue weighted by Gasteiger charge is -2.18. The smallest absolute Gasteiger partial charge is 0.0124 e. The number of hydrogen-bond acceptors (Lipinski definition) is 1. The fourth-order valence-electron chi connectivity index (χ4n) is 2.52. The Hall–Kier alpha value is -0.0400. The van der Waals surface area contributed by atoms with E-state index in [9.17, 15) is 0 Å². The van der Waals surface area contributed by atoms with Crippen LogP contribution in [0, 0.1) is 12.8 Å². The SMILES string of the molecule is [CH2]CC1CCN2CCCC12. The van der Waals surface area contributed by atoms with Crippen LogP contribution in [0.1, 0.15) is 25.7 Å². The van der Waals surface area contributed by atoms with Crippen molar-refractivity contribution in [3.63, 3.8) is 0 Å². The van der Waals surface area contributed by atoms with E-state index in [0.29, 0.717) is 0 Å². The lowest BCUT2D eigenvalue weighted by molar-refractivity contribution is 0.291. The van der Waals surface area contributed by atoms with Gasteiger partial charge in [-0.3, -0.25) is 0 Å². The van der Waals surface area contributed by atoms with Crippen LogP contribution in [0.25, 0.3) is 0 Å². The van der Waals surface area contributed by atoms with Crippen molar-refractivity contribution in [2.24, 2.45) is 5.92 Å². The van der Waals surface area contributed by atoms with Crippen LogP contribution in [0.3, 0.4) is 0 Å². The van der Waals surface area contributed by atoms with E-state index in [2.05, 4.69) is 11.8 Å². The summed E-state index contributed by atoms with van der Waals surface area (Å²) >= 11 is 0. The summed E-state index contributed by atoms with van der Waals surface area (Å²) in [5, 5.41) is 0.